The topological polar surface area (TPSA) is 89.9 Å². The number of hydrogen-bond donors (Lipinski definition) is 0. The first kappa shape index (κ1) is 22.6. The molecule has 0 unspecified atom stereocenters. The average molecular weight is 489 g/mol. The van der Waals surface area contributed by atoms with Crippen LogP contribution in [0.1, 0.15) is 12.0 Å². The van der Waals surface area contributed by atoms with Gasteiger partial charge in [0, 0.05) is 23.2 Å². The van der Waals surface area contributed by atoms with E-state index in [0.717, 1.165) is 17.4 Å². The number of methoxy groups -OCH3 is 1. The lowest BCUT2D eigenvalue weighted by molar-refractivity contribution is 0.387. The van der Waals surface area contributed by atoms with Gasteiger partial charge in [-0.15, -0.1) is 11.3 Å². The van der Waals surface area contributed by atoms with Gasteiger partial charge < -0.3 is 4.74 Å². The van der Waals surface area contributed by atoms with Crippen molar-refractivity contribution in [1.29, 1.82) is 5.26 Å². The molecule has 0 bridgehead atoms. The highest BCUT2D eigenvalue weighted by molar-refractivity contribution is 7.22. The molecular weight excluding hydrogens is 474 g/mol. The van der Waals surface area contributed by atoms with Crippen LogP contribution in [0.2, 0.25) is 5.02 Å². The fourth-order valence-corrected chi connectivity index (χ4v) is 4.87. The van der Waals surface area contributed by atoms with Crippen LogP contribution < -0.4 is 16.0 Å². The van der Waals surface area contributed by atoms with Crippen LogP contribution in [0.25, 0.3) is 26.3 Å². The van der Waals surface area contributed by atoms with Crippen LogP contribution >= 0.6 is 22.9 Å². The van der Waals surface area contributed by atoms with E-state index in [0.29, 0.717) is 20.6 Å². The monoisotopic (exact) mass is 488 g/mol. The molecule has 0 spiro atoms. The molecule has 11 heteroatoms. The first-order valence-corrected chi connectivity index (χ1v) is 10.8. The Morgan fingerprint density at radius 2 is 2.00 bits per heavy atom. The Bertz CT molecular complexity index is 1570. The third-order valence-electron chi connectivity index (χ3n) is 4.98. The summed E-state index contributed by atoms with van der Waals surface area (Å²) in [5.41, 5.74) is -0.619. The van der Waals surface area contributed by atoms with Gasteiger partial charge in [0.15, 0.2) is 11.6 Å². The summed E-state index contributed by atoms with van der Waals surface area (Å²) in [6.07, 6.45) is 1.27. The van der Waals surface area contributed by atoms with Crippen molar-refractivity contribution in [2.75, 3.05) is 7.11 Å². The third kappa shape index (κ3) is 3.90. The molecule has 168 valence electrons. The van der Waals surface area contributed by atoms with Gasteiger partial charge in [-0.3, -0.25) is 9.36 Å². The van der Waals surface area contributed by atoms with Gasteiger partial charge >= 0.3 is 5.69 Å². The first-order chi connectivity index (χ1) is 15.8. The van der Waals surface area contributed by atoms with E-state index in [1.54, 1.807) is 13.0 Å². The number of halogens is 3. The number of nitriles is 1. The molecule has 4 aromatic rings. The molecule has 0 radical (unpaired) electrons. The number of ether oxygens (including phenoxy) is 1. The zero-order valence-corrected chi connectivity index (χ0v) is 18.9. The summed E-state index contributed by atoms with van der Waals surface area (Å²) < 4.78 is 35.6. The molecule has 0 N–H and O–H groups in total. The summed E-state index contributed by atoms with van der Waals surface area (Å²) in [4.78, 5) is 30.7. The van der Waals surface area contributed by atoms with Crippen LogP contribution in [0.15, 0.2) is 40.1 Å². The number of rotatable bonds is 5. The Morgan fingerprint density at radius 1 is 1.24 bits per heavy atom. The van der Waals surface area contributed by atoms with Crippen molar-refractivity contribution in [2.24, 2.45) is 0 Å². The Labute approximate surface area is 194 Å². The lowest BCUT2D eigenvalue weighted by Crippen LogP contribution is -2.39. The number of aryl methyl sites for hydroxylation is 2. The zero-order chi connectivity index (χ0) is 23.9. The maximum absolute atomic E-state index is 14.5. The lowest BCUT2D eigenvalue weighted by atomic mass is 10.1. The fourth-order valence-electron chi connectivity index (χ4n) is 3.44. The third-order valence-corrected chi connectivity index (χ3v) is 6.43. The summed E-state index contributed by atoms with van der Waals surface area (Å²) in [5.74, 6) is -1.67. The smallest absolute Gasteiger partial charge is 0.336 e. The highest BCUT2D eigenvalue weighted by atomic mass is 35.5. The molecule has 33 heavy (non-hydrogen) atoms. The first-order valence-electron chi connectivity index (χ1n) is 9.59. The van der Waals surface area contributed by atoms with Gasteiger partial charge in [0.25, 0.3) is 5.56 Å². The van der Waals surface area contributed by atoms with Crippen molar-refractivity contribution in [3.63, 3.8) is 0 Å². The maximum Gasteiger partial charge on any atom is 0.336 e. The number of aromatic nitrogens is 3. The van der Waals surface area contributed by atoms with Crippen molar-refractivity contribution >= 4 is 33.2 Å². The highest BCUT2D eigenvalue weighted by Gasteiger charge is 2.22. The molecule has 0 saturated heterocycles. The second-order valence-corrected chi connectivity index (χ2v) is 8.56. The van der Waals surface area contributed by atoms with Crippen LogP contribution in [-0.2, 0) is 6.54 Å². The molecule has 0 aliphatic heterocycles. The van der Waals surface area contributed by atoms with Crippen LogP contribution in [0, 0.1) is 30.0 Å². The zero-order valence-electron chi connectivity index (χ0n) is 17.4. The molecule has 3 heterocycles. The van der Waals surface area contributed by atoms with E-state index in [1.165, 1.54) is 30.0 Å². The van der Waals surface area contributed by atoms with E-state index in [-0.39, 0.29) is 39.6 Å². The molecule has 0 amide bonds. The van der Waals surface area contributed by atoms with Gasteiger partial charge in [-0.2, -0.15) is 9.65 Å². The highest BCUT2D eigenvalue weighted by Crippen LogP contribution is 2.39. The molecule has 0 aliphatic rings. The van der Waals surface area contributed by atoms with Gasteiger partial charge in [-0.1, -0.05) is 11.6 Å². The minimum atomic E-state index is -0.978. The van der Waals surface area contributed by atoms with Crippen LogP contribution in [0.4, 0.5) is 8.78 Å². The Kier molecular flexibility index (Phi) is 6.01. The fraction of sp³-hybridized carbons (Fsp3) is 0.182. The Morgan fingerprint density at radius 3 is 2.70 bits per heavy atom. The molecule has 4 rings (SSSR count). The molecule has 0 atom stereocenters. The van der Waals surface area contributed by atoms with Crippen molar-refractivity contribution in [2.45, 2.75) is 19.9 Å². The number of fused-ring (bicyclic) bond motifs is 1. The quantitative estimate of drug-likeness (QED) is 0.387. The molecule has 7 nitrogen and oxygen atoms in total. The molecule has 1 aromatic carbocycles. The molecule has 3 aromatic heterocycles. The normalized spacial score (nSPS) is 11.0. The summed E-state index contributed by atoms with van der Waals surface area (Å²) in [5, 5.41) is 9.13. The van der Waals surface area contributed by atoms with Gasteiger partial charge in [0.1, 0.15) is 10.4 Å². The van der Waals surface area contributed by atoms with E-state index in [9.17, 15) is 18.4 Å². The van der Waals surface area contributed by atoms with E-state index in [4.69, 9.17) is 21.6 Å². The van der Waals surface area contributed by atoms with E-state index < -0.39 is 23.0 Å². The standard InChI is InChI=1S/C22H15ClF2N4O3S/c1-11-6-16(20(25)27-10-11)29-21(30)19-15(28(22(29)31)5-3-4-26)9-18(33-19)12-7-17(32-2)14(24)8-13(12)23/h6-10H,3,5H2,1-2H3. The predicted molar refractivity (Wildman–Crippen MR) is 121 cm³/mol. The minimum absolute atomic E-state index is 0.0158. The molecule has 0 saturated carbocycles. The number of pyridine rings is 1. The van der Waals surface area contributed by atoms with Crippen molar-refractivity contribution < 1.29 is 13.5 Å². The number of thiophene rings is 1. The summed E-state index contributed by atoms with van der Waals surface area (Å²) in [6.45, 7) is 1.63. The summed E-state index contributed by atoms with van der Waals surface area (Å²) in [6, 6.07) is 7.36. The molecule has 0 fully saturated rings. The van der Waals surface area contributed by atoms with E-state index >= 15 is 0 Å². The van der Waals surface area contributed by atoms with Gasteiger partial charge in [0.05, 0.1) is 30.1 Å². The molecule has 0 aliphatic carbocycles. The van der Waals surface area contributed by atoms with E-state index in [1.807, 2.05) is 6.07 Å². The molecular formula is C22H15ClF2N4O3S. The largest absolute Gasteiger partial charge is 0.494 e. The van der Waals surface area contributed by atoms with Gasteiger partial charge in [0.2, 0.25) is 5.95 Å². The van der Waals surface area contributed by atoms with Crippen molar-refractivity contribution in [1.82, 2.24) is 14.1 Å². The van der Waals surface area contributed by atoms with Crippen LogP contribution in [0.3, 0.4) is 0 Å². The van der Waals surface area contributed by atoms with E-state index in [2.05, 4.69) is 4.98 Å². The van der Waals surface area contributed by atoms with Crippen molar-refractivity contribution in [3.8, 4) is 27.9 Å². The Hall–Kier alpha value is -3.55. The minimum Gasteiger partial charge on any atom is -0.494 e. The lowest BCUT2D eigenvalue weighted by Gasteiger charge is -2.11. The predicted octanol–water partition coefficient (Wildman–Crippen LogP) is 4.44. The second kappa shape index (κ2) is 8.77. The summed E-state index contributed by atoms with van der Waals surface area (Å²) in [7, 11) is 1.31. The Balaban J connectivity index is 2.07. The van der Waals surface area contributed by atoms with Gasteiger partial charge in [-0.25, -0.2) is 18.7 Å². The average Bonchev–Trinajstić information content (AvgIpc) is 3.21. The van der Waals surface area contributed by atoms with Gasteiger partial charge in [-0.05, 0) is 36.8 Å². The number of benzene rings is 1. The summed E-state index contributed by atoms with van der Waals surface area (Å²) >= 11 is 7.25. The van der Waals surface area contributed by atoms with Crippen LogP contribution in [0.5, 0.6) is 5.75 Å². The van der Waals surface area contributed by atoms with Crippen LogP contribution in [-0.4, -0.2) is 21.2 Å². The second-order valence-electron chi connectivity index (χ2n) is 7.10. The van der Waals surface area contributed by atoms with Crippen molar-refractivity contribution in [3.05, 3.63) is 73.7 Å². The maximum atomic E-state index is 14.5. The SMILES string of the molecule is COc1cc(-c2cc3c(s2)c(=O)n(-c2cc(C)cnc2F)c(=O)n3CCC#N)c(Cl)cc1F. The number of nitrogens with zero attached hydrogens (tertiary/aromatic N) is 4. The number of hydrogen-bond acceptors (Lipinski definition) is 6.